The number of benzene rings is 2. The van der Waals surface area contributed by atoms with Gasteiger partial charge in [0.25, 0.3) is 0 Å². The van der Waals surface area contributed by atoms with E-state index < -0.39 is 0 Å². The topological polar surface area (TPSA) is 9.23 Å². The maximum Gasteiger partial charge on any atom is 0.152 e. The minimum absolute atomic E-state index is 0.601. The number of halogens is 1. The molecule has 1 nitrogen and oxygen atoms in total. The zero-order valence-corrected chi connectivity index (χ0v) is 8.29. The van der Waals surface area contributed by atoms with Crippen LogP contribution in [-0.2, 0) is 0 Å². The molecule has 70 valence electrons. The summed E-state index contributed by atoms with van der Waals surface area (Å²) < 4.78 is 5.28. The molecule has 0 aliphatic rings. The normalized spacial score (nSPS) is 10.1. The Morgan fingerprint density at radius 3 is 2.71 bits per heavy atom. The number of hydrogen-bond acceptors (Lipinski definition) is 1. The first-order chi connectivity index (χ1) is 6.83. The molecule has 2 aromatic rings. The molecule has 0 spiro atoms. The largest absolute Gasteiger partial charge is 0.463 e. The van der Waals surface area contributed by atoms with Crippen molar-refractivity contribution in [2.45, 2.75) is 0 Å². The van der Waals surface area contributed by atoms with Crippen LogP contribution in [0.25, 0.3) is 10.8 Å². The summed E-state index contributed by atoms with van der Waals surface area (Å²) in [6, 6.07) is 11.7. The number of ether oxygens (including phenoxy) is 1. The van der Waals surface area contributed by atoms with Gasteiger partial charge >= 0.3 is 0 Å². The van der Waals surface area contributed by atoms with Crippen LogP contribution in [0.2, 0.25) is 5.02 Å². The molecule has 0 radical (unpaired) electrons. The van der Waals surface area contributed by atoms with Gasteiger partial charge in [-0.25, -0.2) is 0 Å². The smallest absolute Gasteiger partial charge is 0.152 e. The van der Waals surface area contributed by atoms with Crippen molar-refractivity contribution >= 4 is 22.4 Å². The van der Waals surface area contributed by atoms with Crippen molar-refractivity contribution in [3.8, 4) is 5.75 Å². The summed E-state index contributed by atoms with van der Waals surface area (Å²) in [6.45, 7) is 3.52. The van der Waals surface area contributed by atoms with Crippen LogP contribution < -0.4 is 4.74 Å². The Kier molecular flexibility index (Phi) is 2.42. The minimum atomic E-state index is 0.601. The van der Waals surface area contributed by atoms with E-state index in [1.54, 1.807) is 0 Å². The fourth-order valence-corrected chi connectivity index (χ4v) is 1.63. The van der Waals surface area contributed by atoms with E-state index in [0.717, 1.165) is 10.8 Å². The van der Waals surface area contributed by atoms with E-state index in [1.807, 2.05) is 36.4 Å². The third-order valence-electron chi connectivity index (χ3n) is 2.03. The first-order valence-electron chi connectivity index (χ1n) is 4.28. The Morgan fingerprint density at radius 1 is 1.14 bits per heavy atom. The van der Waals surface area contributed by atoms with Crippen molar-refractivity contribution in [2.75, 3.05) is 0 Å². The zero-order chi connectivity index (χ0) is 9.97. The molecule has 0 bridgehead atoms. The van der Waals surface area contributed by atoms with E-state index >= 15 is 0 Å². The average molecular weight is 205 g/mol. The summed E-state index contributed by atoms with van der Waals surface area (Å²) in [5, 5.41) is 2.71. The lowest BCUT2D eigenvalue weighted by Gasteiger charge is -2.06. The lowest BCUT2D eigenvalue weighted by molar-refractivity contribution is 0.489. The van der Waals surface area contributed by atoms with Crippen LogP contribution in [0.1, 0.15) is 0 Å². The molecule has 0 aliphatic heterocycles. The van der Waals surface area contributed by atoms with Gasteiger partial charge in [0.05, 0.1) is 11.3 Å². The predicted octanol–water partition coefficient (Wildman–Crippen LogP) is 4.02. The van der Waals surface area contributed by atoms with Gasteiger partial charge in [-0.3, -0.25) is 0 Å². The summed E-state index contributed by atoms with van der Waals surface area (Å²) in [5.74, 6) is 0.666. The highest BCUT2D eigenvalue weighted by Gasteiger charge is 2.05. The molecular weight excluding hydrogens is 196 g/mol. The Balaban J connectivity index is 2.75. The van der Waals surface area contributed by atoms with Crippen molar-refractivity contribution < 1.29 is 4.74 Å². The van der Waals surface area contributed by atoms with Crippen LogP contribution in [0, 0.1) is 0 Å². The Hall–Kier alpha value is -1.47. The van der Waals surface area contributed by atoms with Crippen LogP contribution in [0.4, 0.5) is 0 Å². The number of fused-ring (bicyclic) bond motifs is 1. The molecular formula is C12H9ClO. The molecule has 0 fully saturated rings. The van der Waals surface area contributed by atoms with Crippen LogP contribution in [0.3, 0.4) is 0 Å². The van der Waals surface area contributed by atoms with Crippen molar-refractivity contribution in [2.24, 2.45) is 0 Å². The second-order valence-electron chi connectivity index (χ2n) is 2.88. The first-order valence-corrected chi connectivity index (χ1v) is 4.65. The molecule has 2 heteroatoms. The highest BCUT2D eigenvalue weighted by Crippen LogP contribution is 2.33. The Labute approximate surface area is 87.6 Å². The van der Waals surface area contributed by atoms with Crippen molar-refractivity contribution in [1.82, 2.24) is 0 Å². The summed E-state index contributed by atoms with van der Waals surface area (Å²) >= 11 is 6.01. The molecule has 0 saturated carbocycles. The molecule has 0 saturated heterocycles. The van der Waals surface area contributed by atoms with Gasteiger partial charge in [-0.05, 0) is 11.5 Å². The molecule has 0 amide bonds. The Morgan fingerprint density at radius 2 is 1.93 bits per heavy atom. The fraction of sp³-hybridized carbons (Fsp3) is 0. The standard InChI is InChI=1S/C12H9ClO/c1-2-14-12-10-6-4-3-5-9(10)7-8-11(12)13/h2-8H,1H2. The second kappa shape index (κ2) is 3.72. The fourth-order valence-electron chi connectivity index (χ4n) is 1.42. The summed E-state index contributed by atoms with van der Waals surface area (Å²) in [4.78, 5) is 0. The third kappa shape index (κ3) is 1.47. The molecule has 0 unspecified atom stereocenters. The number of hydrogen-bond donors (Lipinski definition) is 0. The average Bonchev–Trinajstić information content (AvgIpc) is 2.23. The maximum absolute atomic E-state index is 6.01. The van der Waals surface area contributed by atoms with E-state index in [4.69, 9.17) is 16.3 Å². The summed E-state index contributed by atoms with van der Waals surface area (Å²) in [6.07, 6.45) is 1.38. The summed E-state index contributed by atoms with van der Waals surface area (Å²) in [7, 11) is 0. The lowest BCUT2D eigenvalue weighted by atomic mass is 10.1. The minimum Gasteiger partial charge on any atom is -0.463 e. The SMILES string of the molecule is C=COc1c(Cl)ccc2ccccc12. The van der Waals surface area contributed by atoms with Gasteiger partial charge in [0.2, 0.25) is 0 Å². The quantitative estimate of drug-likeness (QED) is 0.672. The monoisotopic (exact) mass is 204 g/mol. The van der Waals surface area contributed by atoms with Crippen molar-refractivity contribution in [3.05, 3.63) is 54.3 Å². The first kappa shape index (κ1) is 9.10. The van der Waals surface area contributed by atoms with Gasteiger partial charge in [-0.2, -0.15) is 0 Å². The summed E-state index contributed by atoms with van der Waals surface area (Å²) in [5.41, 5.74) is 0. The van der Waals surface area contributed by atoms with Crippen LogP contribution >= 0.6 is 11.6 Å². The molecule has 0 aromatic heterocycles. The van der Waals surface area contributed by atoms with Crippen molar-refractivity contribution in [1.29, 1.82) is 0 Å². The molecule has 0 N–H and O–H groups in total. The molecule has 14 heavy (non-hydrogen) atoms. The van der Waals surface area contributed by atoms with Crippen LogP contribution in [0.15, 0.2) is 49.2 Å². The van der Waals surface area contributed by atoms with Gasteiger partial charge in [-0.15, -0.1) is 0 Å². The number of rotatable bonds is 2. The van der Waals surface area contributed by atoms with Gasteiger partial charge in [-0.1, -0.05) is 48.5 Å². The van der Waals surface area contributed by atoms with Crippen LogP contribution in [0.5, 0.6) is 5.75 Å². The molecule has 2 aromatic carbocycles. The molecule has 0 heterocycles. The van der Waals surface area contributed by atoms with E-state index in [9.17, 15) is 0 Å². The molecule has 0 atom stereocenters. The maximum atomic E-state index is 6.01. The van der Waals surface area contributed by atoms with E-state index in [0.29, 0.717) is 10.8 Å². The van der Waals surface area contributed by atoms with Gasteiger partial charge < -0.3 is 4.74 Å². The van der Waals surface area contributed by atoms with Crippen LogP contribution in [-0.4, -0.2) is 0 Å². The van der Waals surface area contributed by atoms with E-state index in [2.05, 4.69) is 6.58 Å². The Bertz CT molecular complexity index is 477. The third-order valence-corrected chi connectivity index (χ3v) is 2.33. The van der Waals surface area contributed by atoms with Gasteiger partial charge in [0, 0.05) is 5.39 Å². The van der Waals surface area contributed by atoms with E-state index in [-0.39, 0.29) is 0 Å². The predicted molar refractivity (Wildman–Crippen MR) is 59.8 cm³/mol. The molecule has 2 rings (SSSR count). The zero-order valence-electron chi connectivity index (χ0n) is 7.53. The van der Waals surface area contributed by atoms with Gasteiger partial charge in [0.1, 0.15) is 0 Å². The van der Waals surface area contributed by atoms with E-state index in [1.165, 1.54) is 6.26 Å². The van der Waals surface area contributed by atoms with Gasteiger partial charge in [0.15, 0.2) is 5.75 Å². The lowest BCUT2D eigenvalue weighted by Crippen LogP contribution is -1.84. The second-order valence-corrected chi connectivity index (χ2v) is 3.29. The highest BCUT2D eigenvalue weighted by atomic mass is 35.5. The highest BCUT2D eigenvalue weighted by molar-refractivity contribution is 6.33. The van der Waals surface area contributed by atoms with Crippen molar-refractivity contribution in [3.63, 3.8) is 0 Å². The molecule has 0 aliphatic carbocycles.